The zero-order chi connectivity index (χ0) is 25.5. The van der Waals surface area contributed by atoms with Gasteiger partial charge in [-0.15, -0.1) is 0 Å². The third-order valence-corrected chi connectivity index (χ3v) is 5.91. The van der Waals surface area contributed by atoms with Crippen LogP contribution >= 0.6 is 0 Å². The summed E-state index contributed by atoms with van der Waals surface area (Å²) in [4.78, 5) is 29.7. The standard InChI is InChI=1S/C28H36N2O5/c1-6-16-34-22-11-8-20(9-12-22)25-24(27(32)28(33)30(25)15-14-29(4)5)26(31)21-10-13-23(19(3)18-21)35-17-7-2/h8-13,18,25,31H,6-7,14-17H2,1-5H3. The molecule has 1 aliphatic rings. The number of carbonyl (C=O) groups excluding carboxylic acids is 2. The number of carbonyl (C=O) groups is 2. The van der Waals surface area contributed by atoms with Crippen molar-refractivity contribution in [1.29, 1.82) is 0 Å². The van der Waals surface area contributed by atoms with Gasteiger partial charge in [0.05, 0.1) is 24.8 Å². The Kier molecular flexibility index (Phi) is 8.93. The number of rotatable bonds is 11. The van der Waals surface area contributed by atoms with Crippen molar-refractivity contribution in [2.75, 3.05) is 40.4 Å². The molecule has 1 heterocycles. The van der Waals surface area contributed by atoms with Gasteiger partial charge in [-0.05, 0) is 75.3 Å². The van der Waals surface area contributed by atoms with Crippen molar-refractivity contribution in [2.24, 2.45) is 0 Å². The van der Waals surface area contributed by atoms with E-state index in [9.17, 15) is 14.7 Å². The van der Waals surface area contributed by atoms with Crippen LogP contribution < -0.4 is 9.47 Å². The van der Waals surface area contributed by atoms with Gasteiger partial charge in [0.1, 0.15) is 17.3 Å². The molecule has 0 radical (unpaired) electrons. The lowest BCUT2D eigenvalue weighted by molar-refractivity contribution is -0.140. The summed E-state index contributed by atoms with van der Waals surface area (Å²) in [5, 5.41) is 11.3. The molecule has 0 saturated carbocycles. The summed E-state index contributed by atoms with van der Waals surface area (Å²) in [5.41, 5.74) is 2.16. The molecule has 3 rings (SSSR count). The van der Waals surface area contributed by atoms with Gasteiger partial charge in [-0.2, -0.15) is 0 Å². The molecular formula is C28H36N2O5. The molecule has 0 aliphatic carbocycles. The first-order chi connectivity index (χ1) is 16.8. The molecule has 2 aromatic rings. The molecule has 1 unspecified atom stereocenters. The van der Waals surface area contributed by atoms with Gasteiger partial charge in [0.25, 0.3) is 11.7 Å². The molecule has 1 saturated heterocycles. The molecule has 0 spiro atoms. The molecule has 0 aromatic heterocycles. The lowest BCUT2D eigenvalue weighted by Crippen LogP contribution is -2.35. The Morgan fingerprint density at radius 1 is 1.00 bits per heavy atom. The van der Waals surface area contributed by atoms with Crippen molar-refractivity contribution in [3.8, 4) is 11.5 Å². The number of aliphatic hydroxyl groups excluding tert-OH is 1. The Labute approximate surface area is 207 Å². The summed E-state index contributed by atoms with van der Waals surface area (Å²) in [5.74, 6) is -0.0174. The summed E-state index contributed by atoms with van der Waals surface area (Å²) < 4.78 is 11.4. The van der Waals surface area contributed by atoms with Crippen LogP contribution in [0.1, 0.15) is 49.4 Å². The predicted molar refractivity (Wildman–Crippen MR) is 137 cm³/mol. The highest BCUT2D eigenvalue weighted by Gasteiger charge is 2.45. The topological polar surface area (TPSA) is 79.3 Å². The number of likely N-dealkylation sites (N-methyl/N-ethyl adjacent to an activating group) is 1. The minimum Gasteiger partial charge on any atom is -0.507 e. The Morgan fingerprint density at radius 2 is 1.66 bits per heavy atom. The SMILES string of the molecule is CCCOc1ccc(C2C(=C(O)c3ccc(OCCC)c(C)c3)C(=O)C(=O)N2CCN(C)C)cc1. The van der Waals surface area contributed by atoms with Gasteiger partial charge in [0, 0.05) is 18.7 Å². The second kappa shape index (κ2) is 11.9. The van der Waals surface area contributed by atoms with Gasteiger partial charge in [0.2, 0.25) is 0 Å². The Morgan fingerprint density at radius 3 is 2.26 bits per heavy atom. The number of ketones is 1. The van der Waals surface area contributed by atoms with Gasteiger partial charge < -0.3 is 24.4 Å². The smallest absolute Gasteiger partial charge is 0.295 e. The number of aliphatic hydroxyl groups is 1. The predicted octanol–water partition coefficient (Wildman–Crippen LogP) is 4.56. The van der Waals surface area contributed by atoms with Crippen LogP contribution in [0.2, 0.25) is 0 Å². The quantitative estimate of drug-likeness (QED) is 0.289. The summed E-state index contributed by atoms with van der Waals surface area (Å²) in [6.07, 6.45) is 1.79. The van der Waals surface area contributed by atoms with Gasteiger partial charge >= 0.3 is 0 Å². The monoisotopic (exact) mass is 480 g/mol. The van der Waals surface area contributed by atoms with E-state index < -0.39 is 17.7 Å². The molecule has 1 fully saturated rings. The van der Waals surface area contributed by atoms with Crippen molar-refractivity contribution < 1.29 is 24.2 Å². The molecular weight excluding hydrogens is 444 g/mol. The molecule has 0 bridgehead atoms. The highest BCUT2D eigenvalue weighted by molar-refractivity contribution is 6.46. The molecule has 2 aromatic carbocycles. The summed E-state index contributed by atoms with van der Waals surface area (Å²) in [6, 6.07) is 12.0. The molecule has 35 heavy (non-hydrogen) atoms. The van der Waals surface area contributed by atoms with Crippen molar-refractivity contribution >= 4 is 17.4 Å². The zero-order valence-electron chi connectivity index (χ0n) is 21.3. The second-order valence-corrected chi connectivity index (χ2v) is 9.04. The van der Waals surface area contributed by atoms with Crippen LogP contribution in [-0.4, -0.2) is 67.0 Å². The lowest BCUT2D eigenvalue weighted by Gasteiger charge is -2.26. The van der Waals surface area contributed by atoms with Crippen LogP contribution in [0, 0.1) is 6.92 Å². The van der Waals surface area contributed by atoms with Crippen LogP contribution in [0.4, 0.5) is 0 Å². The van der Waals surface area contributed by atoms with E-state index in [1.807, 2.05) is 64.0 Å². The summed E-state index contributed by atoms with van der Waals surface area (Å²) in [6.45, 7) is 8.12. The Hall–Kier alpha value is -3.32. The summed E-state index contributed by atoms with van der Waals surface area (Å²) >= 11 is 0. The molecule has 1 N–H and O–H groups in total. The average Bonchev–Trinajstić information content (AvgIpc) is 3.10. The maximum absolute atomic E-state index is 13.2. The van der Waals surface area contributed by atoms with Crippen molar-refractivity contribution in [2.45, 2.75) is 39.7 Å². The van der Waals surface area contributed by atoms with Crippen LogP contribution in [0.3, 0.4) is 0 Å². The van der Waals surface area contributed by atoms with Gasteiger partial charge in [-0.3, -0.25) is 9.59 Å². The largest absolute Gasteiger partial charge is 0.507 e. The van der Waals surface area contributed by atoms with Crippen molar-refractivity contribution in [1.82, 2.24) is 9.80 Å². The number of nitrogens with zero attached hydrogens (tertiary/aromatic N) is 2. The fraction of sp³-hybridized carbons (Fsp3) is 0.429. The first-order valence-corrected chi connectivity index (χ1v) is 12.2. The van der Waals surface area contributed by atoms with E-state index >= 15 is 0 Å². The Balaban J connectivity index is 2.05. The number of hydrogen-bond acceptors (Lipinski definition) is 6. The molecule has 1 aliphatic heterocycles. The van der Waals surface area contributed by atoms with E-state index in [1.54, 1.807) is 23.1 Å². The third-order valence-electron chi connectivity index (χ3n) is 5.91. The van der Waals surface area contributed by atoms with Crippen molar-refractivity contribution in [3.63, 3.8) is 0 Å². The number of ether oxygens (including phenoxy) is 2. The van der Waals surface area contributed by atoms with Crippen LogP contribution in [0.5, 0.6) is 11.5 Å². The molecule has 7 heteroatoms. The van der Waals surface area contributed by atoms with Crippen molar-refractivity contribution in [3.05, 3.63) is 64.7 Å². The fourth-order valence-electron chi connectivity index (χ4n) is 4.06. The average molecular weight is 481 g/mol. The van der Waals surface area contributed by atoms with E-state index in [4.69, 9.17) is 9.47 Å². The maximum atomic E-state index is 13.2. The molecule has 188 valence electrons. The molecule has 1 atom stereocenters. The van der Waals surface area contributed by atoms with E-state index in [2.05, 4.69) is 0 Å². The number of Topliss-reactive ketones (excluding diaryl/α,β-unsaturated/α-hetero) is 1. The first-order valence-electron chi connectivity index (χ1n) is 12.2. The zero-order valence-corrected chi connectivity index (χ0v) is 21.3. The maximum Gasteiger partial charge on any atom is 0.295 e. The highest BCUT2D eigenvalue weighted by Crippen LogP contribution is 2.40. The van der Waals surface area contributed by atoms with Gasteiger partial charge in [-0.25, -0.2) is 0 Å². The number of likely N-dealkylation sites (tertiary alicyclic amines) is 1. The minimum atomic E-state index is -0.688. The number of benzene rings is 2. The second-order valence-electron chi connectivity index (χ2n) is 9.04. The molecule has 1 amide bonds. The van der Waals surface area contributed by atoms with E-state index in [1.165, 1.54) is 0 Å². The van der Waals surface area contributed by atoms with Gasteiger partial charge in [-0.1, -0.05) is 26.0 Å². The number of amides is 1. The van der Waals surface area contributed by atoms with Crippen LogP contribution in [0.25, 0.3) is 5.76 Å². The number of aryl methyl sites for hydroxylation is 1. The minimum absolute atomic E-state index is 0.0950. The van der Waals surface area contributed by atoms with Crippen LogP contribution in [0.15, 0.2) is 48.0 Å². The van der Waals surface area contributed by atoms with E-state index in [0.717, 1.165) is 35.5 Å². The highest BCUT2D eigenvalue weighted by atomic mass is 16.5. The van der Waals surface area contributed by atoms with Gasteiger partial charge in [0.15, 0.2) is 0 Å². The summed E-state index contributed by atoms with van der Waals surface area (Å²) in [7, 11) is 3.83. The number of hydrogen-bond donors (Lipinski definition) is 1. The van der Waals surface area contributed by atoms with E-state index in [0.29, 0.717) is 31.9 Å². The first kappa shape index (κ1) is 26.3. The lowest BCUT2D eigenvalue weighted by atomic mass is 9.94. The third kappa shape index (κ3) is 6.03. The molecule has 7 nitrogen and oxygen atoms in total. The Bertz CT molecular complexity index is 1080. The van der Waals surface area contributed by atoms with E-state index in [-0.39, 0.29) is 11.3 Å². The fourth-order valence-corrected chi connectivity index (χ4v) is 4.06. The van der Waals surface area contributed by atoms with Crippen LogP contribution in [-0.2, 0) is 9.59 Å². The normalized spacial score (nSPS) is 17.3.